The fourth-order valence-electron chi connectivity index (χ4n) is 6.71. The summed E-state index contributed by atoms with van der Waals surface area (Å²) in [5, 5.41) is 27.0. The summed E-state index contributed by atoms with van der Waals surface area (Å²) in [6.07, 6.45) is -3.30. The Morgan fingerprint density at radius 1 is 0.406 bits per heavy atom. The molecule has 362 valence electrons. The summed E-state index contributed by atoms with van der Waals surface area (Å²) in [6, 6.07) is 0. The van der Waals surface area contributed by atoms with Gasteiger partial charge in [-0.2, -0.15) is 0 Å². The zero-order valence-corrected chi connectivity index (χ0v) is 38.8. The van der Waals surface area contributed by atoms with Gasteiger partial charge in [-0.25, -0.2) is 0 Å². The lowest BCUT2D eigenvalue weighted by molar-refractivity contribution is -0.237. The average molecular weight is 953 g/mol. The maximum atomic E-state index is 12.1. The average Bonchev–Trinajstić information content (AvgIpc) is 3.19. The van der Waals surface area contributed by atoms with E-state index in [1.807, 2.05) is 0 Å². The molecule has 64 heavy (non-hydrogen) atoms. The Labute approximate surface area is 379 Å². The molecule has 0 bridgehead atoms. The number of hydrogen-bond acceptors (Lipinski definition) is 24. The molecule has 0 radical (unpaired) electrons. The van der Waals surface area contributed by atoms with Crippen molar-refractivity contribution in [3.05, 3.63) is 0 Å². The van der Waals surface area contributed by atoms with Gasteiger partial charge in [0.25, 0.3) is 0 Å². The number of unbranched alkanes of at least 4 members (excludes halogenated alkanes) is 7. The van der Waals surface area contributed by atoms with Gasteiger partial charge in [-0.15, -0.1) is 0 Å². The van der Waals surface area contributed by atoms with Gasteiger partial charge in [-0.1, -0.05) is 72.4 Å². The van der Waals surface area contributed by atoms with E-state index in [-0.39, 0.29) is 23.3 Å². The van der Waals surface area contributed by atoms with Crippen molar-refractivity contribution in [1.82, 2.24) is 0 Å². The molecule has 0 amide bonds. The van der Waals surface area contributed by atoms with Crippen LogP contribution in [0.15, 0.2) is 10.3 Å². The Hall–Kier alpha value is -4.68. The first-order valence-corrected chi connectivity index (χ1v) is 22.4. The molecule has 2 N–H and O–H groups in total. The second kappa shape index (κ2) is 29.0. The number of rotatable bonds is 23. The Morgan fingerprint density at radius 2 is 0.672 bits per heavy atom. The molecule has 2 fully saturated rings. The van der Waals surface area contributed by atoms with Crippen LogP contribution in [0.25, 0.3) is 0 Å². The molecule has 2 aliphatic rings. The van der Waals surface area contributed by atoms with Gasteiger partial charge in [0, 0.05) is 55.4 Å². The van der Waals surface area contributed by atoms with Crippen molar-refractivity contribution in [3.63, 3.8) is 0 Å². The fraction of sp³-hybridized carbons (Fsp3) is 0.750. The summed E-state index contributed by atoms with van der Waals surface area (Å²) < 4.78 is 55.1. The summed E-state index contributed by atoms with van der Waals surface area (Å²) in [5.41, 5.74) is -2.23. The maximum Gasteiger partial charge on any atom is 0.303 e. The first-order chi connectivity index (χ1) is 30.2. The number of carbonyl (C=O) groups excluding carboxylic acids is 8. The lowest BCUT2D eigenvalue weighted by Gasteiger charge is -2.44. The Bertz CT molecular complexity index is 1540. The van der Waals surface area contributed by atoms with Crippen molar-refractivity contribution in [3.8, 4) is 0 Å². The first kappa shape index (κ1) is 55.5. The second-order valence-electron chi connectivity index (χ2n) is 14.7. The minimum atomic E-state index is -1.35. The molecule has 2 saturated heterocycles. The molecule has 0 aromatic carbocycles. The topological polar surface area (TPSA) is 294 Å². The number of carbonyl (C=O) groups is 8. The van der Waals surface area contributed by atoms with E-state index >= 15 is 0 Å². The van der Waals surface area contributed by atoms with Crippen LogP contribution in [0.3, 0.4) is 0 Å². The monoisotopic (exact) mass is 952 g/mol. The van der Waals surface area contributed by atoms with E-state index in [9.17, 15) is 48.8 Å². The molecule has 0 aromatic heterocycles. The quantitative estimate of drug-likeness (QED) is 0.0277. The van der Waals surface area contributed by atoms with E-state index in [4.69, 9.17) is 47.4 Å². The predicted octanol–water partition coefficient (Wildman–Crippen LogP) is 4.10. The van der Waals surface area contributed by atoms with Gasteiger partial charge >= 0.3 is 47.8 Å². The largest absolute Gasteiger partial charge is 0.463 e. The third-order valence-electron chi connectivity index (χ3n) is 9.16. The molecule has 2 heterocycles. The molecule has 10 atom stereocenters. The molecule has 0 aliphatic carbocycles. The summed E-state index contributed by atoms with van der Waals surface area (Å²) in [7, 11) is 0. The van der Waals surface area contributed by atoms with E-state index in [0.29, 0.717) is 25.7 Å². The number of hydrogen-bond donors (Lipinski definition) is 2. The van der Waals surface area contributed by atoms with E-state index in [1.165, 1.54) is 13.8 Å². The summed E-state index contributed by atoms with van der Waals surface area (Å²) in [6.45, 7) is 8.34. The highest BCUT2D eigenvalue weighted by atomic mass is 32.2. The van der Waals surface area contributed by atoms with Crippen LogP contribution in [0.1, 0.15) is 120 Å². The summed E-state index contributed by atoms with van der Waals surface area (Å²) in [4.78, 5) is 95.8. The molecule has 2 rings (SSSR count). The van der Waals surface area contributed by atoms with Gasteiger partial charge in [0.15, 0.2) is 36.6 Å². The Morgan fingerprint density at radius 3 is 0.938 bits per heavy atom. The van der Waals surface area contributed by atoms with Crippen molar-refractivity contribution in [2.24, 2.45) is 10.3 Å². The maximum absolute atomic E-state index is 12.1. The van der Waals surface area contributed by atoms with Crippen molar-refractivity contribution in [2.45, 2.75) is 179 Å². The molecular weight excluding hydrogens is 893 g/mol. The van der Waals surface area contributed by atoms with Gasteiger partial charge in [0.05, 0.1) is 0 Å². The standard InChI is InChI=1S/C40H60N2O20S2/c1-21(43)53-19-29-33(55-23(3)45)35(57-25(5)47)37(59-27(7)49)39(61-29)63-31(41-51)17-15-13-11-9-10-12-14-16-18-32(42-52)64-40-38(60-28(8)50)36(58-26(6)48)34(56-24(4)46)30(62-40)20-54-22(2)44/h29-30,33-40,51-52H,9-20H2,1-8H3/b41-31-,42-32-/t29-,30-,33-,34-,35+,36+,37-,38-,39+,40+/m1/s1. The van der Waals surface area contributed by atoms with Gasteiger partial charge < -0.3 is 57.8 Å². The Kier molecular flexibility index (Phi) is 25.1. The van der Waals surface area contributed by atoms with Crippen LogP contribution in [0.2, 0.25) is 0 Å². The van der Waals surface area contributed by atoms with Crippen molar-refractivity contribution in [1.29, 1.82) is 0 Å². The van der Waals surface area contributed by atoms with Crippen LogP contribution in [-0.4, -0.2) is 141 Å². The van der Waals surface area contributed by atoms with E-state index in [0.717, 1.165) is 104 Å². The number of thioether (sulfide) groups is 2. The third-order valence-corrected chi connectivity index (χ3v) is 11.5. The summed E-state index contributed by atoms with van der Waals surface area (Å²) in [5.74, 6) is -5.83. The minimum absolute atomic E-state index is 0.226. The number of oxime groups is 2. The van der Waals surface area contributed by atoms with E-state index < -0.39 is 107 Å². The van der Waals surface area contributed by atoms with Crippen LogP contribution < -0.4 is 0 Å². The van der Waals surface area contributed by atoms with E-state index in [2.05, 4.69) is 10.3 Å². The van der Waals surface area contributed by atoms with Crippen LogP contribution in [0.4, 0.5) is 0 Å². The number of nitrogens with zero attached hydrogens (tertiary/aromatic N) is 2. The van der Waals surface area contributed by atoms with Crippen molar-refractivity contribution >= 4 is 81.4 Å². The van der Waals surface area contributed by atoms with Crippen LogP contribution in [-0.2, 0) is 85.7 Å². The lowest BCUT2D eigenvalue weighted by atomic mass is 9.99. The molecule has 2 aliphatic heterocycles. The molecule has 0 spiro atoms. The lowest BCUT2D eigenvalue weighted by Crippen LogP contribution is -2.61. The molecule has 0 unspecified atom stereocenters. The van der Waals surface area contributed by atoms with Gasteiger partial charge in [-0.05, 0) is 25.7 Å². The zero-order valence-electron chi connectivity index (χ0n) is 37.2. The van der Waals surface area contributed by atoms with Crippen LogP contribution in [0, 0.1) is 0 Å². The molecular formula is C40H60N2O20S2. The number of esters is 8. The van der Waals surface area contributed by atoms with Gasteiger partial charge in [0.2, 0.25) is 0 Å². The Balaban J connectivity index is 1.94. The fourth-order valence-corrected chi connectivity index (χ4v) is 8.95. The van der Waals surface area contributed by atoms with Gasteiger partial charge in [-0.3, -0.25) is 38.4 Å². The highest BCUT2D eigenvalue weighted by Gasteiger charge is 2.54. The highest BCUT2D eigenvalue weighted by Crippen LogP contribution is 2.37. The first-order valence-electron chi connectivity index (χ1n) is 20.6. The summed E-state index contributed by atoms with van der Waals surface area (Å²) >= 11 is 1.84. The predicted molar refractivity (Wildman–Crippen MR) is 224 cm³/mol. The highest BCUT2D eigenvalue weighted by molar-refractivity contribution is 8.14. The molecule has 0 aromatic rings. The number of ether oxygens (including phenoxy) is 10. The zero-order chi connectivity index (χ0) is 47.9. The minimum Gasteiger partial charge on any atom is -0.463 e. The van der Waals surface area contributed by atoms with Crippen LogP contribution in [0.5, 0.6) is 0 Å². The van der Waals surface area contributed by atoms with E-state index in [1.54, 1.807) is 0 Å². The SMILES string of the molecule is CC(=O)OC[C@H]1O[C@@H](S/C(CCCCCCCCCC/C(=N/O)S[C@@H]2O[C@H](COC(C)=O)[C@@H](OC(C)=O)[C@H](OC(C)=O)[C@H]2OC(C)=O)=N\O)[C@H](OC(C)=O)[C@@H](OC(C)=O)[C@@H]1OC(C)=O. The van der Waals surface area contributed by atoms with Crippen molar-refractivity contribution in [2.75, 3.05) is 13.2 Å². The molecule has 22 nitrogen and oxygen atoms in total. The normalized spacial score (nSPS) is 25.8. The molecule has 0 saturated carbocycles. The third kappa shape index (κ3) is 20.4. The molecule has 24 heteroatoms. The van der Waals surface area contributed by atoms with Crippen LogP contribution >= 0.6 is 23.5 Å². The smallest absolute Gasteiger partial charge is 0.303 e. The van der Waals surface area contributed by atoms with Gasteiger partial charge in [0.1, 0.15) is 46.4 Å². The van der Waals surface area contributed by atoms with Crippen molar-refractivity contribution < 1.29 is 96.1 Å². The second-order valence-corrected chi connectivity index (χ2v) is 17.0.